The van der Waals surface area contributed by atoms with E-state index < -0.39 is 6.04 Å². The first kappa shape index (κ1) is 28.4. The molecule has 0 bridgehead atoms. The molecule has 2 rings (SSSR count). The second-order valence-corrected chi connectivity index (χ2v) is 10.5. The van der Waals surface area contributed by atoms with Crippen molar-refractivity contribution in [1.29, 1.82) is 0 Å². The van der Waals surface area contributed by atoms with Crippen LogP contribution in [0.25, 0.3) is 0 Å². The molecule has 34 heavy (non-hydrogen) atoms. The summed E-state index contributed by atoms with van der Waals surface area (Å²) in [5.74, 6) is 1.34. The monoisotopic (exact) mass is 494 g/mol. The van der Waals surface area contributed by atoms with E-state index in [9.17, 15) is 14.4 Å². The molecule has 1 saturated carbocycles. The van der Waals surface area contributed by atoms with Gasteiger partial charge in [0.05, 0.1) is 23.9 Å². The number of rotatable bonds is 15. The Bertz CT molecular complexity index is 732. The smallest absolute Gasteiger partial charge is 0.264 e. The van der Waals surface area contributed by atoms with Gasteiger partial charge >= 0.3 is 0 Å². The van der Waals surface area contributed by atoms with Gasteiger partial charge in [-0.3, -0.25) is 19.8 Å². The lowest BCUT2D eigenvalue weighted by atomic mass is 9.98. The van der Waals surface area contributed by atoms with Gasteiger partial charge in [0.25, 0.3) is 5.91 Å². The Morgan fingerprint density at radius 1 is 1.21 bits per heavy atom. The number of Topliss-reactive ketones (excluding diaryl/α,β-unsaturated/α-hetero) is 1. The van der Waals surface area contributed by atoms with E-state index in [-0.39, 0.29) is 42.5 Å². The summed E-state index contributed by atoms with van der Waals surface area (Å²) in [6.45, 7) is 6.06. The van der Waals surface area contributed by atoms with Crippen molar-refractivity contribution in [2.24, 2.45) is 5.92 Å². The second-order valence-electron chi connectivity index (χ2n) is 9.50. The minimum Gasteiger partial charge on any atom is -0.468 e. The molecule has 0 aliphatic heterocycles. The van der Waals surface area contributed by atoms with Gasteiger partial charge in [0.1, 0.15) is 18.4 Å². The molecule has 192 valence electrons. The molecule has 1 aliphatic rings. The second kappa shape index (κ2) is 16.0. The van der Waals surface area contributed by atoms with Crippen molar-refractivity contribution in [2.75, 3.05) is 12.4 Å². The summed E-state index contributed by atoms with van der Waals surface area (Å²) in [5.41, 5.74) is 2.75. The highest BCUT2D eigenvalue weighted by Gasteiger charge is 2.31. The average Bonchev–Trinajstić information content (AvgIpc) is 3.35. The van der Waals surface area contributed by atoms with Crippen LogP contribution in [0.5, 0.6) is 0 Å². The quantitative estimate of drug-likeness (QED) is 0.334. The Morgan fingerprint density at radius 2 is 1.97 bits per heavy atom. The van der Waals surface area contributed by atoms with Crippen LogP contribution in [0.3, 0.4) is 0 Å². The molecule has 1 aromatic heterocycles. The summed E-state index contributed by atoms with van der Waals surface area (Å²) in [6.07, 6.45) is 10.3. The first-order valence-corrected chi connectivity index (χ1v) is 13.9. The zero-order valence-corrected chi connectivity index (χ0v) is 21.9. The van der Waals surface area contributed by atoms with Gasteiger partial charge in [-0.25, -0.2) is 5.01 Å². The van der Waals surface area contributed by atoms with E-state index in [4.69, 9.17) is 9.15 Å². The van der Waals surface area contributed by atoms with Crippen molar-refractivity contribution < 1.29 is 23.5 Å². The molecule has 0 saturated heterocycles. The third-order valence-electron chi connectivity index (χ3n) is 6.03. The minimum absolute atomic E-state index is 0.0589. The standard InChI is InChI=1S/C26H42N2O5S/c1-4-5-13-23(24(29)19-34-18-22-12-9-16-32-22)28(26(31)15-14-20(2)3)27-25(30)17-33-21-10-7-6-8-11-21/h9,12,16,20-21,23H,4-8,10-11,13-15,17-19H2,1-3H3,(H,27,30)/t23-/m0/s1. The molecular weight excluding hydrogens is 452 g/mol. The molecule has 1 aromatic rings. The number of hydrogen-bond acceptors (Lipinski definition) is 6. The fraction of sp³-hybridized carbons (Fsp3) is 0.731. The van der Waals surface area contributed by atoms with E-state index in [0.717, 1.165) is 44.3 Å². The maximum absolute atomic E-state index is 13.2. The Morgan fingerprint density at radius 3 is 2.62 bits per heavy atom. The first-order valence-electron chi connectivity index (χ1n) is 12.8. The number of furan rings is 1. The molecule has 1 aliphatic carbocycles. The third kappa shape index (κ3) is 10.6. The molecule has 1 heterocycles. The van der Waals surface area contributed by atoms with E-state index in [1.54, 1.807) is 6.26 Å². The van der Waals surface area contributed by atoms with Crippen molar-refractivity contribution in [2.45, 2.75) is 103 Å². The van der Waals surface area contributed by atoms with Crippen molar-refractivity contribution in [3.8, 4) is 0 Å². The Labute approximate surface area is 208 Å². The number of hydrazine groups is 1. The number of hydrogen-bond donors (Lipinski definition) is 1. The van der Waals surface area contributed by atoms with Crippen LogP contribution in [-0.4, -0.2) is 47.1 Å². The van der Waals surface area contributed by atoms with Crippen LogP contribution in [0.15, 0.2) is 22.8 Å². The molecule has 0 radical (unpaired) electrons. The van der Waals surface area contributed by atoms with Gasteiger partial charge in [-0.05, 0) is 43.7 Å². The topological polar surface area (TPSA) is 88.8 Å². The molecule has 8 heteroatoms. The molecule has 1 fully saturated rings. The third-order valence-corrected chi connectivity index (χ3v) is 7.01. The predicted octanol–water partition coefficient (Wildman–Crippen LogP) is 5.29. The summed E-state index contributed by atoms with van der Waals surface area (Å²) in [6, 6.07) is 3.02. The van der Waals surface area contributed by atoms with E-state index in [2.05, 4.69) is 26.2 Å². The maximum atomic E-state index is 13.2. The lowest BCUT2D eigenvalue weighted by Crippen LogP contribution is -2.56. The Kier molecular flexibility index (Phi) is 13.4. The van der Waals surface area contributed by atoms with Crippen LogP contribution in [0.1, 0.15) is 90.7 Å². The van der Waals surface area contributed by atoms with E-state index in [1.165, 1.54) is 23.2 Å². The number of amides is 2. The number of ketones is 1. The lowest BCUT2D eigenvalue weighted by Gasteiger charge is -2.32. The molecule has 7 nitrogen and oxygen atoms in total. The SMILES string of the molecule is CCCC[C@@H](C(=O)CSCc1ccco1)N(NC(=O)COC1CCCCC1)C(=O)CCC(C)C. The van der Waals surface area contributed by atoms with Crippen molar-refractivity contribution in [1.82, 2.24) is 10.4 Å². The number of carbonyl (C=O) groups is 3. The number of carbonyl (C=O) groups excluding carboxylic acids is 3. The van der Waals surface area contributed by atoms with Gasteiger partial charge in [-0.15, -0.1) is 11.8 Å². The molecule has 1 atom stereocenters. The summed E-state index contributed by atoms with van der Waals surface area (Å²) in [4.78, 5) is 39.1. The van der Waals surface area contributed by atoms with Crippen LogP contribution in [0.4, 0.5) is 0 Å². The Balaban J connectivity index is 2.03. The number of thioether (sulfide) groups is 1. The van der Waals surface area contributed by atoms with Gasteiger partial charge < -0.3 is 9.15 Å². The van der Waals surface area contributed by atoms with Crippen molar-refractivity contribution in [3.63, 3.8) is 0 Å². The normalized spacial score (nSPS) is 15.3. The van der Waals surface area contributed by atoms with Crippen LogP contribution >= 0.6 is 11.8 Å². The van der Waals surface area contributed by atoms with E-state index in [1.807, 2.05) is 12.1 Å². The maximum Gasteiger partial charge on any atom is 0.264 e. The minimum atomic E-state index is -0.678. The first-order chi connectivity index (χ1) is 16.4. The van der Waals surface area contributed by atoms with Gasteiger partial charge in [-0.2, -0.15) is 0 Å². The fourth-order valence-electron chi connectivity index (χ4n) is 4.01. The summed E-state index contributed by atoms with van der Waals surface area (Å²) in [7, 11) is 0. The van der Waals surface area contributed by atoms with Gasteiger partial charge in [0.2, 0.25) is 5.91 Å². The van der Waals surface area contributed by atoms with E-state index in [0.29, 0.717) is 24.5 Å². The summed E-state index contributed by atoms with van der Waals surface area (Å²) < 4.78 is 11.1. The molecule has 0 spiro atoms. The average molecular weight is 495 g/mol. The fourth-order valence-corrected chi connectivity index (χ4v) is 4.87. The van der Waals surface area contributed by atoms with E-state index >= 15 is 0 Å². The Hall–Kier alpha value is -1.80. The van der Waals surface area contributed by atoms with Gasteiger partial charge in [-0.1, -0.05) is 52.9 Å². The lowest BCUT2D eigenvalue weighted by molar-refractivity contribution is -0.150. The van der Waals surface area contributed by atoms with Gasteiger partial charge in [0, 0.05) is 6.42 Å². The summed E-state index contributed by atoms with van der Waals surface area (Å²) >= 11 is 1.46. The number of nitrogens with one attached hydrogen (secondary N) is 1. The van der Waals surface area contributed by atoms with Gasteiger partial charge in [0.15, 0.2) is 5.78 Å². The molecule has 0 unspecified atom stereocenters. The highest BCUT2D eigenvalue weighted by atomic mass is 32.2. The highest BCUT2D eigenvalue weighted by Crippen LogP contribution is 2.21. The number of nitrogens with zero attached hydrogens (tertiary/aromatic N) is 1. The van der Waals surface area contributed by atoms with Crippen LogP contribution in [0, 0.1) is 5.92 Å². The van der Waals surface area contributed by atoms with Crippen LogP contribution in [-0.2, 0) is 24.9 Å². The highest BCUT2D eigenvalue weighted by molar-refractivity contribution is 7.99. The number of unbranched alkanes of at least 4 members (excludes halogenated alkanes) is 1. The van der Waals surface area contributed by atoms with Crippen molar-refractivity contribution in [3.05, 3.63) is 24.2 Å². The zero-order valence-electron chi connectivity index (χ0n) is 21.1. The summed E-state index contributed by atoms with van der Waals surface area (Å²) in [5, 5.41) is 1.31. The van der Waals surface area contributed by atoms with Crippen molar-refractivity contribution >= 4 is 29.4 Å². The zero-order chi connectivity index (χ0) is 24.8. The molecule has 1 N–H and O–H groups in total. The van der Waals surface area contributed by atoms with Crippen LogP contribution < -0.4 is 5.43 Å². The largest absolute Gasteiger partial charge is 0.468 e. The van der Waals surface area contributed by atoms with Crippen LogP contribution in [0.2, 0.25) is 0 Å². The molecule has 2 amide bonds. The predicted molar refractivity (Wildman–Crippen MR) is 135 cm³/mol. The molecular formula is C26H42N2O5S. The number of ether oxygens (including phenoxy) is 1. The molecule has 0 aromatic carbocycles.